The summed E-state index contributed by atoms with van der Waals surface area (Å²) in [7, 11) is 0. The van der Waals surface area contributed by atoms with Crippen LogP contribution in [0, 0.1) is 0 Å². The van der Waals surface area contributed by atoms with Gasteiger partial charge < -0.3 is 20.6 Å². The molecule has 0 saturated carbocycles. The van der Waals surface area contributed by atoms with Crippen molar-refractivity contribution in [3.05, 3.63) is 23.8 Å². The van der Waals surface area contributed by atoms with Crippen molar-refractivity contribution in [2.75, 3.05) is 5.32 Å². The Morgan fingerprint density at radius 2 is 1.86 bits per heavy atom. The highest BCUT2D eigenvalue weighted by Crippen LogP contribution is 2.37. The highest BCUT2D eigenvalue weighted by Gasteiger charge is 2.16. The molecule has 0 spiro atoms. The van der Waals surface area contributed by atoms with E-state index in [1.54, 1.807) is 6.08 Å². The standard InChI is InChI=1S/C10H11NO3/c1-5-2-10(14)11-7-4-9(13)8(12)3-6(5)7/h2-4,10-14H,1H3. The third kappa shape index (κ3) is 1.29. The van der Waals surface area contributed by atoms with Crippen LogP contribution in [0.15, 0.2) is 18.2 Å². The third-order valence-corrected chi connectivity index (χ3v) is 2.25. The average Bonchev–Trinajstić information content (AvgIpc) is 2.08. The number of anilines is 1. The van der Waals surface area contributed by atoms with Crippen LogP contribution in [-0.4, -0.2) is 21.5 Å². The van der Waals surface area contributed by atoms with Crippen LogP contribution in [0.1, 0.15) is 12.5 Å². The molecule has 1 aliphatic heterocycles. The molecule has 0 radical (unpaired) electrons. The lowest BCUT2D eigenvalue weighted by Gasteiger charge is -2.21. The Balaban J connectivity index is 2.59. The maximum atomic E-state index is 9.35. The minimum Gasteiger partial charge on any atom is -0.504 e. The lowest BCUT2D eigenvalue weighted by Crippen LogP contribution is -2.20. The van der Waals surface area contributed by atoms with Crippen LogP contribution in [0.2, 0.25) is 0 Å². The lowest BCUT2D eigenvalue weighted by atomic mass is 10.0. The van der Waals surface area contributed by atoms with E-state index < -0.39 is 6.23 Å². The highest BCUT2D eigenvalue weighted by atomic mass is 16.3. The van der Waals surface area contributed by atoms with E-state index in [9.17, 15) is 15.3 Å². The molecule has 1 atom stereocenters. The van der Waals surface area contributed by atoms with E-state index in [1.807, 2.05) is 6.92 Å². The van der Waals surface area contributed by atoms with E-state index in [4.69, 9.17) is 0 Å². The first-order chi connectivity index (χ1) is 6.58. The van der Waals surface area contributed by atoms with Crippen LogP contribution in [0.3, 0.4) is 0 Å². The van der Waals surface area contributed by atoms with E-state index >= 15 is 0 Å². The van der Waals surface area contributed by atoms with Crippen molar-refractivity contribution in [2.24, 2.45) is 0 Å². The van der Waals surface area contributed by atoms with E-state index in [2.05, 4.69) is 5.32 Å². The minimum atomic E-state index is -0.744. The predicted molar refractivity (Wildman–Crippen MR) is 53.1 cm³/mol. The zero-order chi connectivity index (χ0) is 10.3. The van der Waals surface area contributed by atoms with Gasteiger partial charge in [0.1, 0.15) is 6.23 Å². The van der Waals surface area contributed by atoms with E-state index in [-0.39, 0.29) is 11.5 Å². The highest BCUT2D eigenvalue weighted by molar-refractivity contribution is 5.81. The molecule has 4 heteroatoms. The summed E-state index contributed by atoms with van der Waals surface area (Å²) in [5.41, 5.74) is 2.26. The SMILES string of the molecule is CC1=CC(O)Nc2cc(O)c(O)cc21. The molecule has 0 aromatic heterocycles. The van der Waals surface area contributed by atoms with E-state index in [1.165, 1.54) is 12.1 Å². The van der Waals surface area contributed by atoms with Crippen molar-refractivity contribution in [1.29, 1.82) is 0 Å². The number of phenolic OH excluding ortho intramolecular Hbond substituents is 2. The largest absolute Gasteiger partial charge is 0.504 e. The zero-order valence-corrected chi connectivity index (χ0v) is 7.65. The Labute approximate surface area is 81.1 Å². The van der Waals surface area contributed by atoms with Gasteiger partial charge in [-0.3, -0.25) is 0 Å². The molecule has 14 heavy (non-hydrogen) atoms. The fourth-order valence-corrected chi connectivity index (χ4v) is 1.55. The fraction of sp³-hybridized carbons (Fsp3) is 0.200. The van der Waals surface area contributed by atoms with Crippen molar-refractivity contribution in [3.8, 4) is 11.5 Å². The number of allylic oxidation sites excluding steroid dienone is 1. The Morgan fingerprint density at radius 3 is 2.57 bits per heavy atom. The van der Waals surface area contributed by atoms with Gasteiger partial charge in [-0.05, 0) is 24.6 Å². The van der Waals surface area contributed by atoms with Crippen molar-refractivity contribution < 1.29 is 15.3 Å². The molecular weight excluding hydrogens is 182 g/mol. The number of phenols is 2. The number of aromatic hydroxyl groups is 2. The van der Waals surface area contributed by atoms with Gasteiger partial charge in [-0.2, -0.15) is 0 Å². The first-order valence-corrected chi connectivity index (χ1v) is 4.27. The number of rotatable bonds is 0. The summed E-state index contributed by atoms with van der Waals surface area (Å²) < 4.78 is 0. The molecule has 1 heterocycles. The second-order valence-electron chi connectivity index (χ2n) is 3.33. The molecule has 1 aromatic carbocycles. The topological polar surface area (TPSA) is 72.7 Å². The maximum absolute atomic E-state index is 9.35. The van der Waals surface area contributed by atoms with Gasteiger partial charge in [0.2, 0.25) is 0 Å². The van der Waals surface area contributed by atoms with Crippen molar-refractivity contribution in [1.82, 2.24) is 0 Å². The molecule has 0 amide bonds. The summed E-state index contributed by atoms with van der Waals surface area (Å²) in [6.45, 7) is 1.83. The molecule has 0 saturated heterocycles. The molecule has 0 fully saturated rings. The van der Waals surface area contributed by atoms with E-state index in [0.29, 0.717) is 5.69 Å². The molecule has 1 unspecified atom stereocenters. The van der Waals surface area contributed by atoms with Crippen LogP contribution < -0.4 is 5.32 Å². The molecule has 0 bridgehead atoms. The van der Waals surface area contributed by atoms with E-state index in [0.717, 1.165) is 11.1 Å². The van der Waals surface area contributed by atoms with Gasteiger partial charge in [-0.25, -0.2) is 0 Å². The third-order valence-electron chi connectivity index (χ3n) is 2.25. The van der Waals surface area contributed by atoms with Crippen LogP contribution in [0.4, 0.5) is 5.69 Å². The van der Waals surface area contributed by atoms with Crippen LogP contribution in [0.25, 0.3) is 5.57 Å². The second-order valence-corrected chi connectivity index (χ2v) is 3.33. The molecule has 4 N–H and O–H groups in total. The van der Waals surface area contributed by atoms with Crippen molar-refractivity contribution in [3.63, 3.8) is 0 Å². The summed E-state index contributed by atoms with van der Waals surface area (Å²) in [5.74, 6) is -0.354. The molecule has 1 aromatic rings. The second kappa shape index (κ2) is 2.92. The quantitative estimate of drug-likeness (QED) is 0.369. The molecule has 4 nitrogen and oxygen atoms in total. The molecule has 2 rings (SSSR count). The normalized spacial score (nSPS) is 19.6. The molecule has 1 aliphatic rings. The summed E-state index contributed by atoms with van der Waals surface area (Å²) in [5, 5.41) is 30.7. The average molecular weight is 193 g/mol. The number of hydrogen-bond donors (Lipinski definition) is 4. The Morgan fingerprint density at radius 1 is 1.21 bits per heavy atom. The van der Waals surface area contributed by atoms with Gasteiger partial charge in [0.15, 0.2) is 11.5 Å². The fourth-order valence-electron chi connectivity index (χ4n) is 1.55. The smallest absolute Gasteiger partial charge is 0.159 e. The number of benzene rings is 1. The lowest BCUT2D eigenvalue weighted by molar-refractivity contribution is 0.251. The van der Waals surface area contributed by atoms with Gasteiger partial charge in [-0.1, -0.05) is 0 Å². The molecular formula is C10H11NO3. The van der Waals surface area contributed by atoms with Gasteiger partial charge >= 0.3 is 0 Å². The van der Waals surface area contributed by atoms with Crippen molar-refractivity contribution >= 4 is 11.3 Å². The Kier molecular flexibility index (Phi) is 1.86. The number of aliphatic hydroxyl groups is 1. The summed E-state index contributed by atoms with van der Waals surface area (Å²) in [6.07, 6.45) is 0.894. The van der Waals surface area contributed by atoms with Gasteiger partial charge in [0.05, 0.1) is 0 Å². The molecule has 74 valence electrons. The first-order valence-electron chi connectivity index (χ1n) is 4.27. The van der Waals surface area contributed by atoms with Crippen LogP contribution >= 0.6 is 0 Å². The first kappa shape index (κ1) is 8.90. The van der Waals surface area contributed by atoms with Gasteiger partial charge in [0.25, 0.3) is 0 Å². The van der Waals surface area contributed by atoms with Crippen LogP contribution in [0.5, 0.6) is 11.5 Å². The van der Waals surface area contributed by atoms with Crippen LogP contribution in [-0.2, 0) is 0 Å². The number of hydrogen-bond acceptors (Lipinski definition) is 4. The Hall–Kier alpha value is -1.68. The number of fused-ring (bicyclic) bond motifs is 1. The zero-order valence-electron chi connectivity index (χ0n) is 7.65. The minimum absolute atomic E-state index is 0.158. The van der Waals surface area contributed by atoms with Crippen molar-refractivity contribution in [2.45, 2.75) is 13.2 Å². The number of aliphatic hydroxyl groups excluding tert-OH is 1. The Bertz CT molecular complexity index is 412. The monoisotopic (exact) mass is 193 g/mol. The van der Waals surface area contributed by atoms with Gasteiger partial charge in [0, 0.05) is 17.3 Å². The predicted octanol–water partition coefficient (Wildman–Crippen LogP) is 1.24. The summed E-state index contributed by atoms with van der Waals surface area (Å²) in [6, 6.07) is 2.86. The van der Waals surface area contributed by atoms with Gasteiger partial charge in [-0.15, -0.1) is 0 Å². The summed E-state index contributed by atoms with van der Waals surface area (Å²) in [4.78, 5) is 0. The molecule has 0 aliphatic carbocycles. The maximum Gasteiger partial charge on any atom is 0.159 e. The summed E-state index contributed by atoms with van der Waals surface area (Å²) >= 11 is 0. The number of nitrogens with one attached hydrogen (secondary N) is 1.